The van der Waals surface area contributed by atoms with Crippen molar-refractivity contribution in [3.63, 3.8) is 0 Å². The Morgan fingerprint density at radius 2 is 1.48 bits per heavy atom. The average Bonchev–Trinajstić information content (AvgIpc) is 2.64. The van der Waals surface area contributed by atoms with E-state index in [0.29, 0.717) is 17.0 Å². The van der Waals surface area contributed by atoms with Crippen LogP contribution in [0.1, 0.15) is 46.0 Å². The third-order valence-corrected chi connectivity index (χ3v) is 4.77. The summed E-state index contributed by atoms with van der Waals surface area (Å²) in [5.74, 6) is 0.573. The van der Waals surface area contributed by atoms with Gasteiger partial charge in [0.2, 0.25) is 0 Å². The lowest BCUT2D eigenvalue weighted by molar-refractivity contribution is 0.0697. The van der Waals surface area contributed by atoms with Gasteiger partial charge in [-0.3, -0.25) is 9.59 Å². The highest BCUT2D eigenvalue weighted by molar-refractivity contribution is 6.05. The van der Waals surface area contributed by atoms with Gasteiger partial charge in [0.15, 0.2) is 0 Å². The molecule has 1 N–H and O–H groups in total. The first-order chi connectivity index (χ1) is 12.0. The van der Waals surface area contributed by atoms with Crippen LogP contribution in [0.2, 0.25) is 0 Å². The van der Waals surface area contributed by atoms with Crippen LogP contribution in [0.25, 0.3) is 0 Å². The summed E-state index contributed by atoms with van der Waals surface area (Å²) in [6, 6.07) is 14.6. The smallest absolute Gasteiger partial charge is 0.255 e. The number of nitrogens with zero attached hydrogens (tertiary/aromatic N) is 1. The third kappa shape index (κ3) is 4.27. The van der Waals surface area contributed by atoms with Gasteiger partial charge in [0.1, 0.15) is 0 Å². The van der Waals surface area contributed by atoms with E-state index in [2.05, 4.69) is 12.2 Å². The van der Waals surface area contributed by atoms with E-state index in [1.165, 1.54) is 0 Å². The van der Waals surface area contributed by atoms with Crippen molar-refractivity contribution in [2.75, 3.05) is 18.4 Å². The van der Waals surface area contributed by atoms with Crippen LogP contribution in [0.3, 0.4) is 0 Å². The van der Waals surface area contributed by atoms with Gasteiger partial charge in [0.05, 0.1) is 0 Å². The molecule has 4 nitrogen and oxygen atoms in total. The summed E-state index contributed by atoms with van der Waals surface area (Å²) >= 11 is 0. The third-order valence-electron chi connectivity index (χ3n) is 4.77. The molecule has 0 bridgehead atoms. The van der Waals surface area contributed by atoms with Crippen LogP contribution in [0.4, 0.5) is 5.69 Å². The fourth-order valence-electron chi connectivity index (χ4n) is 3.00. The molecule has 0 aliphatic carbocycles. The zero-order valence-corrected chi connectivity index (χ0v) is 14.8. The molecule has 2 aromatic rings. The second kappa shape index (κ2) is 7.51. The first-order valence-electron chi connectivity index (χ1n) is 8.80. The van der Waals surface area contributed by atoms with Gasteiger partial charge in [-0.2, -0.15) is 0 Å². The van der Waals surface area contributed by atoms with E-state index in [-0.39, 0.29) is 11.8 Å². The van der Waals surface area contributed by atoms with Crippen molar-refractivity contribution in [1.29, 1.82) is 0 Å². The first kappa shape index (κ1) is 17.2. The average molecular weight is 336 g/mol. The number of hydrogen-bond donors (Lipinski definition) is 1. The number of piperidine rings is 1. The summed E-state index contributed by atoms with van der Waals surface area (Å²) in [6.07, 6.45) is 2.12. The van der Waals surface area contributed by atoms with Crippen molar-refractivity contribution in [2.45, 2.75) is 26.7 Å². The van der Waals surface area contributed by atoms with E-state index in [4.69, 9.17) is 0 Å². The number of carbonyl (C=O) groups excluding carboxylic acids is 2. The lowest BCUT2D eigenvalue weighted by Crippen LogP contribution is -2.37. The van der Waals surface area contributed by atoms with E-state index >= 15 is 0 Å². The Hall–Kier alpha value is -2.62. The Labute approximate surface area is 148 Å². The molecule has 4 heteroatoms. The number of amides is 2. The number of rotatable bonds is 3. The highest BCUT2D eigenvalue weighted by Crippen LogP contribution is 2.19. The second-order valence-electron chi connectivity index (χ2n) is 6.87. The molecular weight excluding hydrogens is 312 g/mol. The Morgan fingerprint density at radius 1 is 0.920 bits per heavy atom. The molecule has 130 valence electrons. The lowest BCUT2D eigenvalue weighted by atomic mass is 9.98. The van der Waals surface area contributed by atoms with E-state index in [0.717, 1.165) is 37.2 Å². The summed E-state index contributed by atoms with van der Waals surface area (Å²) in [5, 5.41) is 2.87. The quantitative estimate of drug-likeness (QED) is 0.916. The SMILES string of the molecule is Cc1ccc(NC(=O)c2ccc(C(=O)N3CCC(C)CC3)cc2)cc1. The summed E-state index contributed by atoms with van der Waals surface area (Å²) in [5.41, 5.74) is 3.09. The number of carbonyl (C=O) groups is 2. The number of aryl methyl sites for hydroxylation is 1. The fourth-order valence-corrected chi connectivity index (χ4v) is 3.00. The number of anilines is 1. The van der Waals surface area contributed by atoms with Gasteiger partial charge >= 0.3 is 0 Å². The molecule has 1 aliphatic heterocycles. The summed E-state index contributed by atoms with van der Waals surface area (Å²) in [7, 11) is 0. The number of nitrogens with one attached hydrogen (secondary N) is 1. The van der Waals surface area contributed by atoms with E-state index in [1.54, 1.807) is 24.3 Å². The molecule has 1 fully saturated rings. The Balaban J connectivity index is 1.64. The van der Waals surface area contributed by atoms with Crippen molar-refractivity contribution in [3.8, 4) is 0 Å². The topological polar surface area (TPSA) is 49.4 Å². The highest BCUT2D eigenvalue weighted by Gasteiger charge is 2.21. The molecule has 0 radical (unpaired) electrons. The normalized spacial score (nSPS) is 15.0. The van der Waals surface area contributed by atoms with Crippen LogP contribution in [0.5, 0.6) is 0 Å². The molecule has 0 unspecified atom stereocenters. The van der Waals surface area contributed by atoms with Crippen molar-refractivity contribution in [1.82, 2.24) is 4.90 Å². The molecule has 1 heterocycles. The summed E-state index contributed by atoms with van der Waals surface area (Å²) in [4.78, 5) is 26.8. The molecule has 0 spiro atoms. The molecule has 0 aromatic heterocycles. The van der Waals surface area contributed by atoms with Crippen LogP contribution in [-0.4, -0.2) is 29.8 Å². The molecule has 2 amide bonds. The monoisotopic (exact) mass is 336 g/mol. The minimum Gasteiger partial charge on any atom is -0.339 e. The standard InChI is InChI=1S/C21H24N2O2/c1-15-3-9-19(10-4-15)22-20(24)17-5-7-18(8-6-17)21(25)23-13-11-16(2)12-14-23/h3-10,16H,11-14H2,1-2H3,(H,22,24). The summed E-state index contributed by atoms with van der Waals surface area (Å²) < 4.78 is 0. The van der Waals surface area contributed by atoms with E-state index in [9.17, 15) is 9.59 Å². The largest absolute Gasteiger partial charge is 0.339 e. The predicted octanol–water partition coefficient (Wildman–Crippen LogP) is 4.12. The highest BCUT2D eigenvalue weighted by atomic mass is 16.2. The zero-order chi connectivity index (χ0) is 17.8. The Kier molecular flexibility index (Phi) is 5.17. The van der Waals surface area contributed by atoms with Crippen LogP contribution in [0.15, 0.2) is 48.5 Å². The minimum absolute atomic E-state index is 0.0531. The van der Waals surface area contributed by atoms with Crippen molar-refractivity contribution >= 4 is 17.5 Å². The molecular formula is C21H24N2O2. The molecule has 0 atom stereocenters. The van der Waals surface area contributed by atoms with Crippen molar-refractivity contribution in [3.05, 3.63) is 65.2 Å². The molecule has 2 aromatic carbocycles. The van der Waals surface area contributed by atoms with Crippen molar-refractivity contribution in [2.24, 2.45) is 5.92 Å². The molecule has 1 saturated heterocycles. The van der Waals surface area contributed by atoms with Gasteiger partial charge < -0.3 is 10.2 Å². The molecule has 0 saturated carbocycles. The lowest BCUT2D eigenvalue weighted by Gasteiger charge is -2.30. The predicted molar refractivity (Wildman–Crippen MR) is 99.9 cm³/mol. The minimum atomic E-state index is -0.172. The zero-order valence-electron chi connectivity index (χ0n) is 14.8. The molecule has 3 rings (SSSR count). The van der Waals surface area contributed by atoms with Crippen LogP contribution in [-0.2, 0) is 0 Å². The maximum absolute atomic E-state index is 12.5. The van der Waals surface area contributed by atoms with Gasteiger partial charge in [-0.25, -0.2) is 0 Å². The maximum atomic E-state index is 12.5. The first-order valence-corrected chi connectivity index (χ1v) is 8.80. The van der Waals surface area contributed by atoms with Gasteiger partial charge in [-0.15, -0.1) is 0 Å². The number of benzene rings is 2. The van der Waals surface area contributed by atoms with Crippen molar-refractivity contribution < 1.29 is 9.59 Å². The van der Waals surface area contributed by atoms with Crippen LogP contribution in [0, 0.1) is 12.8 Å². The van der Waals surface area contributed by atoms with E-state index in [1.807, 2.05) is 36.1 Å². The number of hydrogen-bond acceptors (Lipinski definition) is 2. The molecule has 25 heavy (non-hydrogen) atoms. The van der Waals surface area contributed by atoms with Crippen LogP contribution >= 0.6 is 0 Å². The van der Waals surface area contributed by atoms with Gasteiger partial charge in [-0.05, 0) is 62.1 Å². The van der Waals surface area contributed by atoms with Gasteiger partial charge in [0, 0.05) is 29.9 Å². The number of likely N-dealkylation sites (tertiary alicyclic amines) is 1. The van der Waals surface area contributed by atoms with Gasteiger partial charge in [-0.1, -0.05) is 24.6 Å². The summed E-state index contributed by atoms with van der Waals surface area (Å²) in [6.45, 7) is 5.86. The Bertz CT molecular complexity index is 742. The molecule has 1 aliphatic rings. The van der Waals surface area contributed by atoms with E-state index < -0.39 is 0 Å². The van der Waals surface area contributed by atoms with Crippen LogP contribution < -0.4 is 5.32 Å². The van der Waals surface area contributed by atoms with Gasteiger partial charge in [0.25, 0.3) is 11.8 Å². The fraction of sp³-hybridized carbons (Fsp3) is 0.333. The Morgan fingerprint density at radius 3 is 2.08 bits per heavy atom. The maximum Gasteiger partial charge on any atom is 0.255 e. The second-order valence-corrected chi connectivity index (χ2v) is 6.87.